The molecular formula is C19H21NO4. The zero-order valence-electron chi connectivity index (χ0n) is 14.2. The Hall–Kier alpha value is -2.82. The van der Waals surface area contributed by atoms with E-state index in [0.29, 0.717) is 16.8 Å². The second-order valence-electron chi connectivity index (χ2n) is 6.50. The molecule has 24 heavy (non-hydrogen) atoms. The summed E-state index contributed by atoms with van der Waals surface area (Å²) in [5, 5.41) is 12.7. The van der Waals surface area contributed by atoms with Gasteiger partial charge in [-0.1, -0.05) is 26.8 Å². The molecular weight excluding hydrogens is 306 g/mol. The van der Waals surface area contributed by atoms with Crippen molar-refractivity contribution in [2.75, 3.05) is 12.4 Å². The van der Waals surface area contributed by atoms with E-state index in [1.54, 1.807) is 12.1 Å². The molecule has 0 bridgehead atoms. The van der Waals surface area contributed by atoms with Crippen LogP contribution in [-0.4, -0.2) is 24.1 Å². The van der Waals surface area contributed by atoms with Crippen molar-refractivity contribution in [1.82, 2.24) is 0 Å². The number of methoxy groups -OCH3 is 1. The minimum absolute atomic E-state index is 0.00234. The second kappa shape index (κ2) is 6.74. The molecule has 2 N–H and O–H groups in total. The van der Waals surface area contributed by atoms with Crippen LogP contribution < -0.4 is 5.32 Å². The molecule has 0 atom stereocenters. The van der Waals surface area contributed by atoms with E-state index in [2.05, 4.69) is 30.8 Å². The standard InChI is InChI=1S/C19H21NO4/c1-19(2,3)14-9-10-16(21)15(11-14)20-17(22)12-5-7-13(8-6-12)18(23)24-4/h5-11,21H,1-4H3,(H,20,22). The molecule has 1 amide bonds. The lowest BCUT2D eigenvalue weighted by atomic mass is 9.87. The Labute approximate surface area is 141 Å². The number of hydrogen-bond acceptors (Lipinski definition) is 4. The van der Waals surface area contributed by atoms with Gasteiger partial charge in [0.2, 0.25) is 0 Å². The molecule has 0 saturated carbocycles. The minimum Gasteiger partial charge on any atom is -0.506 e. The lowest BCUT2D eigenvalue weighted by Crippen LogP contribution is -2.15. The van der Waals surface area contributed by atoms with Crippen LogP contribution in [0.4, 0.5) is 5.69 Å². The van der Waals surface area contributed by atoms with Crippen LogP contribution in [0.3, 0.4) is 0 Å². The highest BCUT2D eigenvalue weighted by molar-refractivity contribution is 6.05. The summed E-state index contributed by atoms with van der Waals surface area (Å²) < 4.78 is 4.62. The summed E-state index contributed by atoms with van der Waals surface area (Å²) in [5.74, 6) is -0.826. The number of hydrogen-bond donors (Lipinski definition) is 2. The highest BCUT2D eigenvalue weighted by atomic mass is 16.5. The van der Waals surface area contributed by atoms with Crippen LogP contribution in [0, 0.1) is 0 Å². The van der Waals surface area contributed by atoms with Crippen molar-refractivity contribution < 1.29 is 19.4 Å². The SMILES string of the molecule is COC(=O)c1ccc(C(=O)Nc2cc(C(C)(C)C)ccc2O)cc1. The predicted molar refractivity (Wildman–Crippen MR) is 92.5 cm³/mol. The highest BCUT2D eigenvalue weighted by Gasteiger charge is 2.17. The van der Waals surface area contributed by atoms with E-state index in [9.17, 15) is 14.7 Å². The number of aromatic hydroxyl groups is 1. The maximum absolute atomic E-state index is 12.3. The van der Waals surface area contributed by atoms with E-state index in [4.69, 9.17) is 0 Å². The lowest BCUT2D eigenvalue weighted by molar-refractivity contribution is 0.0600. The van der Waals surface area contributed by atoms with Gasteiger partial charge in [-0.05, 0) is 47.4 Å². The van der Waals surface area contributed by atoms with Gasteiger partial charge in [0.25, 0.3) is 5.91 Å². The van der Waals surface area contributed by atoms with E-state index in [1.807, 2.05) is 6.07 Å². The molecule has 0 saturated heterocycles. The molecule has 0 unspecified atom stereocenters. The summed E-state index contributed by atoms with van der Waals surface area (Å²) in [6.07, 6.45) is 0. The molecule has 0 fully saturated rings. The van der Waals surface area contributed by atoms with Crippen LogP contribution in [0.2, 0.25) is 0 Å². The Morgan fingerprint density at radius 2 is 1.58 bits per heavy atom. The number of nitrogens with one attached hydrogen (secondary N) is 1. The van der Waals surface area contributed by atoms with Crippen molar-refractivity contribution in [1.29, 1.82) is 0 Å². The van der Waals surface area contributed by atoms with Gasteiger partial charge in [-0.3, -0.25) is 4.79 Å². The summed E-state index contributed by atoms with van der Waals surface area (Å²) in [6.45, 7) is 6.16. The van der Waals surface area contributed by atoms with Gasteiger partial charge in [-0.25, -0.2) is 4.79 Å². The third-order valence-corrected chi connectivity index (χ3v) is 3.68. The summed E-state index contributed by atoms with van der Waals surface area (Å²) in [4.78, 5) is 23.7. The first-order chi connectivity index (χ1) is 11.2. The van der Waals surface area contributed by atoms with Crippen LogP contribution in [0.25, 0.3) is 0 Å². The quantitative estimate of drug-likeness (QED) is 0.665. The molecule has 2 aromatic rings. The van der Waals surface area contributed by atoms with Crippen LogP contribution in [-0.2, 0) is 10.2 Å². The number of ether oxygens (including phenoxy) is 1. The molecule has 2 aromatic carbocycles. The molecule has 0 heterocycles. The third-order valence-electron chi connectivity index (χ3n) is 3.68. The molecule has 0 aromatic heterocycles. The van der Waals surface area contributed by atoms with Crippen molar-refractivity contribution in [3.05, 3.63) is 59.2 Å². The van der Waals surface area contributed by atoms with E-state index in [1.165, 1.54) is 31.4 Å². The zero-order valence-corrected chi connectivity index (χ0v) is 14.2. The van der Waals surface area contributed by atoms with Crippen LogP contribution in [0.1, 0.15) is 47.1 Å². The Balaban J connectivity index is 2.22. The molecule has 126 valence electrons. The number of esters is 1. The molecule has 0 spiro atoms. The molecule has 0 aliphatic rings. The van der Waals surface area contributed by atoms with Gasteiger partial charge in [0.15, 0.2) is 0 Å². The van der Waals surface area contributed by atoms with Gasteiger partial charge >= 0.3 is 5.97 Å². The van der Waals surface area contributed by atoms with Gasteiger partial charge in [-0.15, -0.1) is 0 Å². The number of carbonyl (C=O) groups is 2. The van der Waals surface area contributed by atoms with Gasteiger partial charge < -0.3 is 15.2 Å². The summed E-state index contributed by atoms with van der Waals surface area (Å²) in [7, 11) is 1.30. The fraction of sp³-hybridized carbons (Fsp3) is 0.263. The van der Waals surface area contributed by atoms with E-state index in [-0.39, 0.29) is 17.1 Å². The Bertz CT molecular complexity index is 758. The molecule has 0 radical (unpaired) electrons. The molecule has 5 nitrogen and oxygen atoms in total. The Morgan fingerprint density at radius 1 is 1.00 bits per heavy atom. The lowest BCUT2D eigenvalue weighted by Gasteiger charge is -2.20. The largest absolute Gasteiger partial charge is 0.506 e. The number of carbonyl (C=O) groups excluding carboxylic acids is 2. The Kier molecular flexibility index (Phi) is 4.93. The van der Waals surface area contributed by atoms with Gasteiger partial charge in [0, 0.05) is 5.56 Å². The number of anilines is 1. The summed E-state index contributed by atoms with van der Waals surface area (Å²) >= 11 is 0. The third kappa shape index (κ3) is 3.93. The zero-order chi connectivity index (χ0) is 17.9. The molecule has 0 aliphatic carbocycles. The summed E-state index contributed by atoms with van der Waals surface area (Å²) in [6, 6.07) is 11.3. The predicted octanol–water partition coefficient (Wildman–Crippen LogP) is 3.73. The number of benzene rings is 2. The molecule has 0 aliphatic heterocycles. The first kappa shape index (κ1) is 17.5. The van der Waals surface area contributed by atoms with Crippen LogP contribution in [0.5, 0.6) is 5.75 Å². The first-order valence-corrected chi connectivity index (χ1v) is 7.55. The fourth-order valence-electron chi connectivity index (χ4n) is 2.17. The number of rotatable bonds is 3. The monoisotopic (exact) mass is 327 g/mol. The van der Waals surface area contributed by atoms with E-state index >= 15 is 0 Å². The topological polar surface area (TPSA) is 75.6 Å². The van der Waals surface area contributed by atoms with Crippen LogP contribution in [0.15, 0.2) is 42.5 Å². The van der Waals surface area contributed by atoms with Crippen molar-refractivity contribution in [2.24, 2.45) is 0 Å². The number of phenolic OH excluding ortho intramolecular Hbond substituents is 1. The van der Waals surface area contributed by atoms with Crippen LogP contribution >= 0.6 is 0 Å². The maximum Gasteiger partial charge on any atom is 0.337 e. The van der Waals surface area contributed by atoms with Gasteiger partial charge in [0.05, 0.1) is 18.4 Å². The fourth-order valence-corrected chi connectivity index (χ4v) is 2.17. The van der Waals surface area contributed by atoms with Crippen molar-refractivity contribution in [3.63, 3.8) is 0 Å². The van der Waals surface area contributed by atoms with E-state index < -0.39 is 5.97 Å². The average Bonchev–Trinajstić information content (AvgIpc) is 2.55. The Morgan fingerprint density at radius 3 is 2.12 bits per heavy atom. The second-order valence-corrected chi connectivity index (χ2v) is 6.50. The number of amides is 1. The van der Waals surface area contributed by atoms with Gasteiger partial charge in [-0.2, -0.15) is 0 Å². The number of phenols is 1. The van der Waals surface area contributed by atoms with Gasteiger partial charge in [0.1, 0.15) is 5.75 Å². The van der Waals surface area contributed by atoms with Crippen molar-refractivity contribution in [3.8, 4) is 5.75 Å². The minimum atomic E-state index is -0.461. The average molecular weight is 327 g/mol. The first-order valence-electron chi connectivity index (χ1n) is 7.55. The molecule has 5 heteroatoms. The molecule has 2 rings (SSSR count). The maximum atomic E-state index is 12.3. The van der Waals surface area contributed by atoms with E-state index in [0.717, 1.165) is 5.56 Å². The summed E-state index contributed by atoms with van der Waals surface area (Å²) in [5.41, 5.74) is 1.99. The smallest absolute Gasteiger partial charge is 0.337 e. The van der Waals surface area contributed by atoms with Crippen molar-refractivity contribution in [2.45, 2.75) is 26.2 Å². The normalized spacial score (nSPS) is 11.0. The highest BCUT2D eigenvalue weighted by Crippen LogP contribution is 2.31. The van der Waals surface area contributed by atoms with Crippen molar-refractivity contribution >= 4 is 17.6 Å².